The second-order valence-electron chi connectivity index (χ2n) is 4.47. The zero-order chi connectivity index (χ0) is 16.4. The molecule has 1 amide bonds. The summed E-state index contributed by atoms with van der Waals surface area (Å²) in [6.07, 6.45) is 4.47. The average Bonchev–Trinajstić information content (AvgIpc) is 2.51. The van der Waals surface area contributed by atoms with Crippen molar-refractivity contribution in [3.8, 4) is 0 Å². The molecule has 1 rings (SSSR count). The van der Waals surface area contributed by atoms with E-state index in [9.17, 15) is 19.7 Å². The number of nitro benzene ring substituents is 1. The van der Waals surface area contributed by atoms with Gasteiger partial charge in [0.15, 0.2) is 0 Å². The van der Waals surface area contributed by atoms with Gasteiger partial charge in [-0.05, 0) is 30.2 Å². The van der Waals surface area contributed by atoms with E-state index in [1.807, 2.05) is 6.92 Å². The van der Waals surface area contributed by atoms with Crippen molar-refractivity contribution in [3.63, 3.8) is 0 Å². The Labute approximate surface area is 128 Å². The first kappa shape index (κ1) is 17.4. The summed E-state index contributed by atoms with van der Waals surface area (Å²) in [4.78, 5) is 32.8. The number of carbonyl (C=O) groups is 2. The van der Waals surface area contributed by atoms with E-state index < -0.39 is 16.8 Å². The highest BCUT2D eigenvalue weighted by Crippen LogP contribution is 2.12. The fourth-order valence-electron chi connectivity index (χ4n) is 1.48. The van der Waals surface area contributed by atoms with Gasteiger partial charge in [0.05, 0.1) is 11.5 Å². The number of ether oxygens (including phenoxy) is 1. The lowest BCUT2D eigenvalue weighted by Gasteiger charge is -2.04. The third-order valence-corrected chi connectivity index (χ3v) is 2.70. The molecule has 22 heavy (non-hydrogen) atoms. The second kappa shape index (κ2) is 9.28. The Kier molecular flexibility index (Phi) is 7.32. The van der Waals surface area contributed by atoms with Gasteiger partial charge in [0, 0.05) is 18.2 Å². The van der Waals surface area contributed by atoms with Crippen LogP contribution in [0, 0.1) is 10.1 Å². The van der Waals surface area contributed by atoms with E-state index in [4.69, 9.17) is 4.74 Å². The molecule has 0 aromatic heterocycles. The molecular weight excluding hydrogens is 288 g/mol. The first-order valence-electron chi connectivity index (χ1n) is 6.89. The van der Waals surface area contributed by atoms with Gasteiger partial charge in [0.25, 0.3) is 5.69 Å². The molecule has 1 N–H and O–H groups in total. The molecular formula is C15H18N2O5. The molecule has 0 heterocycles. The highest BCUT2D eigenvalue weighted by Gasteiger charge is 2.05. The number of hydrogen-bond donors (Lipinski definition) is 1. The minimum Gasteiger partial charge on any atom is -0.464 e. The summed E-state index contributed by atoms with van der Waals surface area (Å²) in [5.74, 6) is -0.920. The maximum absolute atomic E-state index is 11.5. The molecule has 1 aromatic rings. The Morgan fingerprint density at radius 3 is 2.59 bits per heavy atom. The molecule has 0 aliphatic carbocycles. The number of nitrogens with zero attached hydrogens (tertiary/aromatic N) is 1. The molecule has 0 saturated carbocycles. The zero-order valence-corrected chi connectivity index (χ0v) is 12.3. The quantitative estimate of drug-likeness (QED) is 0.260. The topological polar surface area (TPSA) is 98.5 Å². The predicted molar refractivity (Wildman–Crippen MR) is 81.0 cm³/mol. The largest absolute Gasteiger partial charge is 0.464 e. The van der Waals surface area contributed by atoms with Crippen molar-refractivity contribution in [2.24, 2.45) is 0 Å². The van der Waals surface area contributed by atoms with Crippen molar-refractivity contribution >= 4 is 23.6 Å². The molecule has 118 valence electrons. The Hall–Kier alpha value is -2.70. The smallest absolute Gasteiger partial charge is 0.325 e. The van der Waals surface area contributed by atoms with Crippen LogP contribution in [0.15, 0.2) is 30.3 Å². The van der Waals surface area contributed by atoms with Crippen LogP contribution in [0.1, 0.15) is 25.3 Å². The molecule has 1 aromatic carbocycles. The normalized spacial score (nSPS) is 10.4. The Morgan fingerprint density at radius 1 is 1.32 bits per heavy atom. The van der Waals surface area contributed by atoms with E-state index in [2.05, 4.69) is 5.32 Å². The minimum absolute atomic E-state index is 0.0172. The summed E-state index contributed by atoms with van der Waals surface area (Å²) in [5.41, 5.74) is 0.627. The van der Waals surface area contributed by atoms with E-state index >= 15 is 0 Å². The number of unbranched alkanes of at least 4 members (excludes halogenated alkanes) is 1. The number of nitrogens with one attached hydrogen (secondary N) is 1. The standard InChI is InChI=1S/C15H18N2O5/c1-2-3-10-22-15(19)11-16-14(18)9-6-12-4-7-13(8-5-12)17(20)21/h4-9H,2-3,10-11H2,1H3,(H,16,18)/b9-6+. The summed E-state index contributed by atoms with van der Waals surface area (Å²) in [5, 5.41) is 12.9. The van der Waals surface area contributed by atoms with Crippen LogP contribution in [0.5, 0.6) is 0 Å². The van der Waals surface area contributed by atoms with Crippen LogP contribution in [-0.4, -0.2) is 30.0 Å². The number of rotatable bonds is 8. The van der Waals surface area contributed by atoms with Gasteiger partial charge in [-0.25, -0.2) is 0 Å². The average molecular weight is 306 g/mol. The van der Waals surface area contributed by atoms with Crippen molar-refractivity contribution in [2.75, 3.05) is 13.2 Å². The predicted octanol–water partition coefficient (Wildman–Crippen LogP) is 2.07. The molecule has 0 unspecified atom stereocenters. The molecule has 0 saturated heterocycles. The van der Waals surface area contributed by atoms with Crippen molar-refractivity contribution in [1.29, 1.82) is 0 Å². The second-order valence-corrected chi connectivity index (χ2v) is 4.47. The van der Waals surface area contributed by atoms with Crippen LogP contribution in [-0.2, 0) is 14.3 Å². The molecule has 0 aliphatic rings. The maximum Gasteiger partial charge on any atom is 0.325 e. The number of nitro groups is 1. The molecule has 0 aliphatic heterocycles. The van der Waals surface area contributed by atoms with Crippen LogP contribution < -0.4 is 5.32 Å². The highest BCUT2D eigenvalue weighted by atomic mass is 16.6. The van der Waals surface area contributed by atoms with E-state index in [1.54, 1.807) is 0 Å². The van der Waals surface area contributed by atoms with Crippen molar-refractivity contribution in [3.05, 3.63) is 46.0 Å². The van der Waals surface area contributed by atoms with Gasteiger partial charge in [0.2, 0.25) is 5.91 Å². The van der Waals surface area contributed by atoms with Crippen molar-refractivity contribution in [2.45, 2.75) is 19.8 Å². The fraction of sp³-hybridized carbons (Fsp3) is 0.333. The molecule has 0 atom stereocenters. The summed E-state index contributed by atoms with van der Waals surface area (Å²) in [6.45, 7) is 2.15. The van der Waals surface area contributed by atoms with Crippen LogP contribution in [0.2, 0.25) is 0 Å². The van der Waals surface area contributed by atoms with Gasteiger partial charge >= 0.3 is 5.97 Å². The van der Waals surface area contributed by atoms with E-state index in [-0.39, 0.29) is 12.2 Å². The first-order chi connectivity index (χ1) is 10.5. The van der Waals surface area contributed by atoms with E-state index in [0.717, 1.165) is 12.8 Å². The SMILES string of the molecule is CCCCOC(=O)CNC(=O)/C=C/c1ccc([N+](=O)[O-])cc1. The van der Waals surface area contributed by atoms with Gasteiger partial charge in [-0.2, -0.15) is 0 Å². The first-order valence-corrected chi connectivity index (χ1v) is 6.89. The maximum atomic E-state index is 11.5. The van der Waals surface area contributed by atoms with Gasteiger partial charge in [0.1, 0.15) is 6.54 Å². The lowest BCUT2D eigenvalue weighted by molar-refractivity contribution is -0.384. The van der Waals surface area contributed by atoms with Crippen LogP contribution in [0.4, 0.5) is 5.69 Å². The van der Waals surface area contributed by atoms with Gasteiger partial charge in [-0.15, -0.1) is 0 Å². The van der Waals surface area contributed by atoms with Crippen LogP contribution >= 0.6 is 0 Å². The zero-order valence-electron chi connectivity index (χ0n) is 12.3. The number of esters is 1. The number of carbonyl (C=O) groups excluding carboxylic acids is 2. The summed E-state index contributed by atoms with van der Waals surface area (Å²) in [6, 6.07) is 5.76. The lowest BCUT2D eigenvalue weighted by atomic mass is 10.2. The van der Waals surface area contributed by atoms with Crippen molar-refractivity contribution in [1.82, 2.24) is 5.32 Å². The molecule has 0 spiro atoms. The minimum atomic E-state index is -0.496. The van der Waals surface area contributed by atoms with Crippen LogP contribution in [0.3, 0.4) is 0 Å². The molecule has 0 fully saturated rings. The fourth-order valence-corrected chi connectivity index (χ4v) is 1.48. The number of amides is 1. The Bertz CT molecular complexity index is 552. The Balaban J connectivity index is 2.37. The lowest BCUT2D eigenvalue weighted by Crippen LogP contribution is -2.29. The third-order valence-electron chi connectivity index (χ3n) is 2.70. The Morgan fingerprint density at radius 2 is 2.00 bits per heavy atom. The molecule has 0 radical (unpaired) electrons. The van der Waals surface area contributed by atoms with Crippen LogP contribution in [0.25, 0.3) is 6.08 Å². The molecule has 0 bridgehead atoms. The summed E-state index contributed by atoms with van der Waals surface area (Å²) >= 11 is 0. The summed E-state index contributed by atoms with van der Waals surface area (Å²) in [7, 11) is 0. The van der Waals surface area contributed by atoms with E-state index in [1.165, 1.54) is 36.4 Å². The van der Waals surface area contributed by atoms with Gasteiger partial charge < -0.3 is 10.1 Å². The third kappa shape index (κ3) is 6.65. The monoisotopic (exact) mass is 306 g/mol. The van der Waals surface area contributed by atoms with Gasteiger partial charge in [-0.3, -0.25) is 19.7 Å². The van der Waals surface area contributed by atoms with E-state index in [0.29, 0.717) is 12.2 Å². The highest BCUT2D eigenvalue weighted by molar-refractivity contribution is 5.93. The number of hydrogen-bond acceptors (Lipinski definition) is 5. The molecule has 7 heteroatoms. The number of benzene rings is 1. The van der Waals surface area contributed by atoms with Gasteiger partial charge in [-0.1, -0.05) is 13.3 Å². The summed E-state index contributed by atoms with van der Waals surface area (Å²) < 4.78 is 4.89. The molecule has 7 nitrogen and oxygen atoms in total. The number of non-ortho nitro benzene ring substituents is 1. The van der Waals surface area contributed by atoms with Crippen molar-refractivity contribution < 1.29 is 19.2 Å².